The molecule has 2 unspecified atom stereocenters. The van der Waals surface area contributed by atoms with Crippen molar-refractivity contribution in [2.45, 2.75) is 56.5 Å². The SMILES string of the molecule is C.C=C1N=C(N)N=CN1[C@@H]1O[C@H](CO)[C@H](O)C1O.C=C1N=C(N)N=CN1[C@@H]1O[C@H](CO)[C@H](O)C1O. The van der Waals surface area contributed by atoms with Crippen molar-refractivity contribution in [2.75, 3.05) is 13.2 Å². The van der Waals surface area contributed by atoms with Crippen LogP contribution in [0.2, 0.25) is 0 Å². The van der Waals surface area contributed by atoms with Gasteiger partial charge in [0.05, 0.1) is 13.2 Å². The zero-order chi connectivity index (χ0) is 25.2. The summed E-state index contributed by atoms with van der Waals surface area (Å²) in [5, 5.41) is 56.7. The average molecular weight is 501 g/mol. The number of ether oxygens (including phenoxy) is 2. The molecule has 0 aromatic rings. The van der Waals surface area contributed by atoms with E-state index in [0.29, 0.717) is 0 Å². The van der Waals surface area contributed by atoms with Crippen molar-refractivity contribution in [2.24, 2.45) is 31.4 Å². The Labute approximate surface area is 201 Å². The van der Waals surface area contributed by atoms with E-state index in [1.54, 1.807) is 0 Å². The molecule has 4 rings (SSSR count). The number of hydrogen-bond donors (Lipinski definition) is 8. The largest absolute Gasteiger partial charge is 0.394 e. The summed E-state index contributed by atoms with van der Waals surface area (Å²) in [6, 6.07) is 0. The van der Waals surface area contributed by atoms with Crippen molar-refractivity contribution in [3.05, 3.63) is 24.8 Å². The molecule has 35 heavy (non-hydrogen) atoms. The first-order valence-corrected chi connectivity index (χ1v) is 10.0. The van der Waals surface area contributed by atoms with Gasteiger partial charge in [0.2, 0.25) is 11.9 Å². The number of rotatable bonds is 4. The molecule has 0 aliphatic carbocycles. The molecule has 16 heteroatoms. The monoisotopic (exact) mass is 500 g/mol. The third-order valence-corrected chi connectivity index (χ3v) is 5.29. The summed E-state index contributed by atoms with van der Waals surface area (Å²) in [7, 11) is 0. The van der Waals surface area contributed by atoms with E-state index in [2.05, 4.69) is 33.1 Å². The zero-order valence-corrected chi connectivity index (χ0v) is 17.9. The molecule has 4 heterocycles. The highest BCUT2D eigenvalue weighted by atomic mass is 16.6. The second-order valence-corrected chi connectivity index (χ2v) is 7.53. The lowest BCUT2D eigenvalue weighted by Gasteiger charge is -2.29. The predicted octanol–water partition coefficient (Wildman–Crippen LogP) is -4.25. The molecule has 0 saturated carbocycles. The van der Waals surface area contributed by atoms with Gasteiger partial charge >= 0.3 is 0 Å². The van der Waals surface area contributed by atoms with Crippen LogP contribution in [0.5, 0.6) is 0 Å². The maximum atomic E-state index is 9.78. The normalized spacial score (nSPS) is 36.4. The Morgan fingerprint density at radius 2 is 1.09 bits per heavy atom. The van der Waals surface area contributed by atoms with Crippen LogP contribution in [0.25, 0.3) is 0 Å². The zero-order valence-electron chi connectivity index (χ0n) is 17.9. The average Bonchev–Trinajstić information content (AvgIpc) is 3.24. The Hall–Kier alpha value is -2.96. The van der Waals surface area contributed by atoms with Crippen LogP contribution >= 0.6 is 0 Å². The summed E-state index contributed by atoms with van der Waals surface area (Å²) in [6.45, 7) is 6.48. The Bertz CT molecular complexity index is 839. The maximum Gasteiger partial charge on any atom is 0.223 e. The molecule has 2 fully saturated rings. The molecule has 4 aliphatic heterocycles. The molecule has 0 radical (unpaired) electrons. The first-order chi connectivity index (χ1) is 16.1. The van der Waals surface area contributed by atoms with Crippen LogP contribution < -0.4 is 11.5 Å². The van der Waals surface area contributed by atoms with E-state index in [-0.39, 0.29) is 31.0 Å². The van der Waals surface area contributed by atoms with E-state index in [1.165, 1.54) is 22.5 Å². The predicted molar refractivity (Wildman–Crippen MR) is 124 cm³/mol. The fourth-order valence-corrected chi connectivity index (χ4v) is 3.46. The lowest BCUT2D eigenvalue weighted by Crippen LogP contribution is -2.44. The van der Waals surface area contributed by atoms with Gasteiger partial charge in [0.1, 0.15) is 60.9 Å². The molecule has 4 aliphatic rings. The first-order valence-electron chi connectivity index (χ1n) is 10.0. The smallest absolute Gasteiger partial charge is 0.223 e. The number of nitrogens with two attached hydrogens (primary N) is 2. The fraction of sp³-hybridized carbons (Fsp3) is 0.579. The number of hydrogen-bond acceptors (Lipinski definition) is 16. The lowest BCUT2D eigenvalue weighted by molar-refractivity contribution is -0.0607. The highest BCUT2D eigenvalue weighted by Gasteiger charge is 2.46. The van der Waals surface area contributed by atoms with Gasteiger partial charge < -0.3 is 51.6 Å². The van der Waals surface area contributed by atoms with Crippen LogP contribution in [-0.4, -0.2) is 127 Å². The van der Waals surface area contributed by atoms with Gasteiger partial charge in [-0.05, 0) is 0 Å². The lowest BCUT2D eigenvalue weighted by atomic mass is 10.1. The second kappa shape index (κ2) is 11.6. The van der Waals surface area contributed by atoms with Gasteiger partial charge in [-0.1, -0.05) is 20.6 Å². The minimum absolute atomic E-state index is 0. The van der Waals surface area contributed by atoms with E-state index >= 15 is 0 Å². The molecular formula is C19H32N8O8. The molecule has 196 valence electrons. The Morgan fingerprint density at radius 3 is 1.34 bits per heavy atom. The van der Waals surface area contributed by atoms with Gasteiger partial charge in [-0.2, -0.15) is 9.98 Å². The highest BCUT2D eigenvalue weighted by Crippen LogP contribution is 2.27. The van der Waals surface area contributed by atoms with Crippen LogP contribution in [0.1, 0.15) is 7.43 Å². The standard InChI is InChI=1S/2C9H14N4O4.CH4/c2*1-4-12-9(10)11-3-13(4)8-7(16)6(15)5(2-14)17-8;/h2*3,5-8,14-16H,1-2H2,(H2,10,12);1H4/t2*5-,6+,7?,8-;/m11./s1. The third-order valence-electron chi connectivity index (χ3n) is 5.29. The quantitative estimate of drug-likeness (QED) is 0.183. The summed E-state index contributed by atoms with van der Waals surface area (Å²) >= 11 is 0. The number of guanidine groups is 2. The summed E-state index contributed by atoms with van der Waals surface area (Å²) in [5.74, 6) is 0.593. The molecule has 10 N–H and O–H groups in total. The molecule has 16 nitrogen and oxygen atoms in total. The highest BCUT2D eigenvalue weighted by molar-refractivity contribution is 5.89. The van der Waals surface area contributed by atoms with Gasteiger partial charge in [0, 0.05) is 0 Å². The van der Waals surface area contributed by atoms with E-state index in [4.69, 9.17) is 31.2 Å². The molecule has 0 aromatic carbocycles. The topological polar surface area (TPSA) is 248 Å². The Balaban J connectivity index is 0.000000240. The van der Waals surface area contributed by atoms with Crippen molar-refractivity contribution < 1.29 is 40.1 Å². The molecule has 0 amide bonds. The number of aliphatic hydroxyl groups is 6. The number of nitrogens with zero attached hydrogens (tertiary/aromatic N) is 6. The van der Waals surface area contributed by atoms with E-state index in [0.717, 1.165) is 0 Å². The van der Waals surface area contributed by atoms with E-state index < -0.39 is 62.3 Å². The van der Waals surface area contributed by atoms with E-state index in [9.17, 15) is 20.4 Å². The third kappa shape index (κ3) is 5.82. The Kier molecular flexibility index (Phi) is 9.41. The summed E-state index contributed by atoms with van der Waals surface area (Å²) in [6.07, 6.45) is -5.58. The van der Waals surface area contributed by atoms with Crippen molar-refractivity contribution in [3.8, 4) is 0 Å². The van der Waals surface area contributed by atoms with E-state index in [1.807, 2.05) is 0 Å². The summed E-state index contributed by atoms with van der Waals surface area (Å²) in [5.41, 5.74) is 10.7. The number of aliphatic hydroxyl groups excluding tert-OH is 6. The molecule has 8 atom stereocenters. The van der Waals surface area contributed by atoms with Gasteiger partial charge in [-0.3, -0.25) is 9.80 Å². The minimum atomic E-state index is -1.19. The van der Waals surface area contributed by atoms with Crippen LogP contribution in [-0.2, 0) is 9.47 Å². The molecule has 2 saturated heterocycles. The Morgan fingerprint density at radius 1 is 0.743 bits per heavy atom. The van der Waals surface area contributed by atoms with Crippen molar-refractivity contribution >= 4 is 24.6 Å². The van der Waals surface area contributed by atoms with Crippen LogP contribution in [0.4, 0.5) is 0 Å². The minimum Gasteiger partial charge on any atom is -0.394 e. The van der Waals surface area contributed by atoms with Crippen LogP contribution in [0.15, 0.2) is 44.8 Å². The molecule has 0 spiro atoms. The first kappa shape index (κ1) is 28.3. The van der Waals surface area contributed by atoms with Gasteiger partial charge in [-0.25, -0.2) is 9.98 Å². The fourth-order valence-electron chi connectivity index (χ4n) is 3.46. The molecular weight excluding hydrogens is 468 g/mol. The molecule has 0 bridgehead atoms. The number of aliphatic imine (C=N–C) groups is 4. The second-order valence-electron chi connectivity index (χ2n) is 7.53. The van der Waals surface area contributed by atoms with Gasteiger partial charge in [-0.15, -0.1) is 0 Å². The van der Waals surface area contributed by atoms with Gasteiger partial charge in [0.25, 0.3) is 0 Å². The van der Waals surface area contributed by atoms with Crippen molar-refractivity contribution in [1.29, 1.82) is 0 Å². The van der Waals surface area contributed by atoms with Crippen molar-refractivity contribution in [1.82, 2.24) is 9.80 Å². The summed E-state index contributed by atoms with van der Waals surface area (Å²) in [4.78, 5) is 17.8. The summed E-state index contributed by atoms with van der Waals surface area (Å²) < 4.78 is 10.6. The van der Waals surface area contributed by atoms with Gasteiger partial charge in [0.15, 0.2) is 12.5 Å². The van der Waals surface area contributed by atoms with Crippen molar-refractivity contribution in [3.63, 3.8) is 0 Å². The van der Waals surface area contributed by atoms with Crippen LogP contribution in [0.3, 0.4) is 0 Å². The molecule has 0 aromatic heterocycles. The van der Waals surface area contributed by atoms with Crippen LogP contribution in [0, 0.1) is 0 Å². The maximum absolute atomic E-state index is 9.78.